The Labute approximate surface area is 169 Å². The lowest BCUT2D eigenvalue weighted by Gasteiger charge is -2.06. The fraction of sp³-hybridized carbons (Fsp3) is 0.167. The summed E-state index contributed by atoms with van der Waals surface area (Å²) in [7, 11) is 0. The van der Waals surface area contributed by atoms with Crippen LogP contribution in [-0.2, 0) is 12.3 Å². The number of nitrogens with zero attached hydrogens (tertiary/aromatic N) is 7. The fourth-order valence-electron chi connectivity index (χ4n) is 2.70. The molecule has 146 valence electrons. The molecule has 0 amide bonds. The maximum Gasteiger partial charge on any atom is 0.270 e. The minimum absolute atomic E-state index is 0.0312. The number of thioether (sulfide) groups is 1. The van der Waals surface area contributed by atoms with Crippen molar-refractivity contribution in [3.8, 4) is 22.8 Å². The molecule has 0 aliphatic heterocycles. The summed E-state index contributed by atoms with van der Waals surface area (Å²) < 4.78 is 7.66. The second-order valence-corrected chi connectivity index (χ2v) is 6.83. The third-order valence-electron chi connectivity index (χ3n) is 4.07. The molecule has 0 spiro atoms. The normalized spacial score (nSPS) is 10.9. The Balaban J connectivity index is 1.50. The molecule has 3 heterocycles. The van der Waals surface area contributed by atoms with Crippen molar-refractivity contribution in [2.45, 2.75) is 24.4 Å². The quantitative estimate of drug-likeness (QED) is 0.255. The maximum absolute atomic E-state index is 10.9. The van der Waals surface area contributed by atoms with E-state index >= 15 is 0 Å². The Morgan fingerprint density at radius 2 is 1.93 bits per heavy atom. The van der Waals surface area contributed by atoms with Crippen LogP contribution in [0.3, 0.4) is 0 Å². The van der Waals surface area contributed by atoms with E-state index in [2.05, 4.69) is 25.4 Å². The third kappa shape index (κ3) is 3.99. The van der Waals surface area contributed by atoms with Gasteiger partial charge in [-0.2, -0.15) is 0 Å². The molecule has 4 rings (SSSR count). The van der Waals surface area contributed by atoms with Crippen molar-refractivity contribution in [3.63, 3.8) is 0 Å². The van der Waals surface area contributed by atoms with Crippen LogP contribution in [-0.4, -0.2) is 34.9 Å². The average molecular weight is 409 g/mol. The van der Waals surface area contributed by atoms with Gasteiger partial charge in [0.05, 0.1) is 10.7 Å². The molecule has 0 unspecified atom stereocenters. The Morgan fingerprint density at radius 3 is 2.69 bits per heavy atom. The van der Waals surface area contributed by atoms with Crippen molar-refractivity contribution >= 4 is 17.4 Å². The fourth-order valence-corrected chi connectivity index (χ4v) is 3.54. The van der Waals surface area contributed by atoms with E-state index in [1.165, 1.54) is 23.9 Å². The molecule has 0 saturated carbocycles. The summed E-state index contributed by atoms with van der Waals surface area (Å²) >= 11 is 1.43. The van der Waals surface area contributed by atoms with Crippen molar-refractivity contribution in [1.82, 2.24) is 29.9 Å². The second-order valence-electron chi connectivity index (χ2n) is 5.88. The first-order valence-electron chi connectivity index (χ1n) is 8.69. The standard InChI is InChI=1S/C18H15N7O3S/c1-2-24-16(12-6-8-19-9-7-12)21-23-18(24)29-11-15-20-22-17(28-15)13-4-3-5-14(10-13)25(26)27/h3-10H,2,11H2,1H3. The van der Waals surface area contributed by atoms with E-state index < -0.39 is 4.92 Å². The van der Waals surface area contributed by atoms with Crippen LogP contribution in [0.5, 0.6) is 0 Å². The van der Waals surface area contributed by atoms with Gasteiger partial charge in [0.25, 0.3) is 5.69 Å². The lowest BCUT2D eigenvalue weighted by molar-refractivity contribution is -0.384. The molecule has 0 aliphatic carbocycles. The molecule has 1 aromatic carbocycles. The number of nitro benzene ring substituents is 1. The highest BCUT2D eigenvalue weighted by molar-refractivity contribution is 7.98. The van der Waals surface area contributed by atoms with Gasteiger partial charge in [0.2, 0.25) is 11.8 Å². The number of hydrogen-bond acceptors (Lipinski definition) is 9. The van der Waals surface area contributed by atoms with Crippen LogP contribution in [0.4, 0.5) is 5.69 Å². The molecule has 0 saturated heterocycles. The highest BCUT2D eigenvalue weighted by atomic mass is 32.2. The highest BCUT2D eigenvalue weighted by Gasteiger charge is 2.16. The molecule has 29 heavy (non-hydrogen) atoms. The van der Waals surface area contributed by atoms with Crippen molar-refractivity contribution in [1.29, 1.82) is 0 Å². The molecule has 0 radical (unpaired) electrons. The average Bonchev–Trinajstić information content (AvgIpc) is 3.39. The van der Waals surface area contributed by atoms with Crippen LogP contribution >= 0.6 is 11.8 Å². The van der Waals surface area contributed by atoms with Gasteiger partial charge in [-0.15, -0.1) is 20.4 Å². The van der Waals surface area contributed by atoms with Crippen LogP contribution in [0.15, 0.2) is 58.4 Å². The first kappa shape index (κ1) is 18.7. The van der Waals surface area contributed by atoms with E-state index in [4.69, 9.17) is 4.42 Å². The molecule has 0 bridgehead atoms. The SMILES string of the molecule is CCn1c(SCc2nnc(-c3cccc([N+](=O)[O-])c3)o2)nnc1-c1ccncc1. The molecule has 3 aromatic heterocycles. The number of benzene rings is 1. The summed E-state index contributed by atoms with van der Waals surface area (Å²) in [4.78, 5) is 14.5. The lowest BCUT2D eigenvalue weighted by Crippen LogP contribution is -2.00. The van der Waals surface area contributed by atoms with Gasteiger partial charge < -0.3 is 8.98 Å². The van der Waals surface area contributed by atoms with E-state index in [1.54, 1.807) is 24.5 Å². The van der Waals surface area contributed by atoms with Crippen LogP contribution < -0.4 is 0 Å². The first-order chi connectivity index (χ1) is 14.2. The van der Waals surface area contributed by atoms with E-state index in [0.717, 1.165) is 16.5 Å². The van der Waals surface area contributed by atoms with Crippen molar-refractivity contribution in [2.75, 3.05) is 0 Å². The predicted octanol–water partition coefficient (Wildman–Crippen LogP) is 3.61. The number of non-ortho nitro benzene ring substituents is 1. The van der Waals surface area contributed by atoms with E-state index in [1.807, 2.05) is 23.6 Å². The van der Waals surface area contributed by atoms with Crippen LogP contribution in [0.2, 0.25) is 0 Å². The molecule has 0 aliphatic rings. The van der Waals surface area contributed by atoms with Crippen LogP contribution in [0, 0.1) is 10.1 Å². The van der Waals surface area contributed by atoms with Crippen molar-refractivity contribution in [3.05, 3.63) is 64.8 Å². The van der Waals surface area contributed by atoms with E-state index in [9.17, 15) is 10.1 Å². The van der Waals surface area contributed by atoms with Gasteiger partial charge in [0.15, 0.2) is 11.0 Å². The molecule has 0 N–H and O–H groups in total. The molecular formula is C18H15N7O3S. The second kappa shape index (κ2) is 8.19. The van der Waals surface area contributed by atoms with Gasteiger partial charge in [0.1, 0.15) is 0 Å². The topological polar surface area (TPSA) is 126 Å². The maximum atomic E-state index is 10.9. The predicted molar refractivity (Wildman–Crippen MR) is 105 cm³/mol. The van der Waals surface area contributed by atoms with Gasteiger partial charge in [-0.25, -0.2) is 0 Å². The Bertz CT molecular complexity index is 1140. The van der Waals surface area contributed by atoms with Gasteiger partial charge in [-0.1, -0.05) is 17.8 Å². The molecule has 11 heteroatoms. The molecular weight excluding hydrogens is 394 g/mol. The minimum atomic E-state index is -0.464. The van der Waals surface area contributed by atoms with Crippen molar-refractivity contribution < 1.29 is 9.34 Å². The smallest absolute Gasteiger partial charge is 0.270 e. The monoisotopic (exact) mass is 409 g/mol. The third-order valence-corrected chi connectivity index (χ3v) is 5.02. The van der Waals surface area contributed by atoms with E-state index in [0.29, 0.717) is 23.8 Å². The number of pyridine rings is 1. The zero-order valence-electron chi connectivity index (χ0n) is 15.3. The lowest BCUT2D eigenvalue weighted by atomic mass is 10.2. The van der Waals surface area contributed by atoms with E-state index in [-0.39, 0.29) is 11.6 Å². The van der Waals surface area contributed by atoms with Gasteiger partial charge in [-0.3, -0.25) is 15.1 Å². The summed E-state index contributed by atoms with van der Waals surface area (Å²) in [6.45, 7) is 2.72. The first-order valence-corrected chi connectivity index (χ1v) is 9.68. The number of nitro groups is 1. The Kier molecular flexibility index (Phi) is 5.29. The largest absolute Gasteiger partial charge is 0.420 e. The van der Waals surface area contributed by atoms with Gasteiger partial charge >= 0.3 is 0 Å². The summed E-state index contributed by atoms with van der Waals surface area (Å²) in [5, 5.41) is 28.2. The Hall–Kier alpha value is -3.60. The summed E-state index contributed by atoms with van der Waals surface area (Å²) in [6.07, 6.45) is 3.43. The van der Waals surface area contributed by atoms with Gasteiger partial charge in [-0.05, 0) is 25.1 Å². The zero-order chi connectivity index (χ0) is 20.2. The number of hydrogen-bond donors (Lipinski definition) is 0. The Morgan fingerprint density at radius 1 is 1.10 bits per heavy atom. The van der Waals surface area contributed by atoms with Crippen LogP contribution in [0.25, 0.3) is 22.8 Å². The molecule has 10 nitrogen and oxygen atoms in total. The summed E-state index contributed by atoms with van der Waals surface area (Å²) in [6, 6.07) is 9.85. The number of rotatable bonds is 7. The highest BCUT2D eigenvalue weighted by Crippen LogP contribution is 2.27. The van der Waals surface area contributed by atoms with Gasteiger partial charge in [0, 0.05) is 42.2 Å². The molecule has 0 atom stereocenters. The number of aromatic nitrogens is 6. The summed E-state index contributed by atoms with van der Waals surface area (Å²) in [5.74, 6) is 1.79. The van der Waals surface area contributed by atoms with Crippen molar-refractivity contribution in [2.24, 2.45) is 0 Å². The minimum Gasteiger partial charge on any atom is -0.420 e. The zero-order valence-corrected chi connectivity index (χ0v) is 16.1. The van der Waals surface area contributed by atoms with Crippen LogP contribution in [0.1, 0.15) is 12.8 Å². The summed E-state index contributed by atoms with van der Waals surface area (Å²) in [5.41, 5.74) is 1.41. The molecule has 4 aromatic rings. The molecule has 0 fully saturated rings.